The lowest BCUT2D eigenvalue weighted by atomic mass is 10.3. The minimum Gasteiger partial charge on any atom is -0.410 e. The molecule has 0 aliphatic carbocycles. The first-order valence-corrected chi connectivity index (χ1v) is 6.25. The van der Waals surface area contributed by atoms with Crippen LogP contribution in [-0.4, -0.2) is 52.9 Å². The molecule has 7 heteroatoms. The fraction of sp³-hybridized carbons (Fsp3) is 0.500. The maximum atomic E-state index is 12.1. The van der Waals surface area contributed by atoms with E-state index in [1.807, 2.05) is 12.3 Å². The Morgan fingerprint density at radius 2 is 2.29 bits per heavy atom. The molecule has 0 aromatic carbocycles. The third-order valence-corrected chi connectivity index (χ3v) is 3.50. The third kappa shape index (κ3) is 2.62. The van der Waals surface area contributed by atoms with Gasteiger partial charge in [-0.1, -0.05) is 5.16 Å². The Bertz CT molecular complexity index is 437. The summed E-state index contributed by atoms with van der Waals surface area (Å²) < 4.78 is 0. The van der Waals surface area contributed by atoms with Crippen LogP contribution >= 0.6 is 11.3 Å². The van der Waals surface area contributed by atoms with E-state index in [4.69, 9.17) is 5.21 Å². The minimum atomic E-state index is -0.261. The van der Waals surface area contributed by atoms with Gasteiger partial charge in [0.25, 0.3) is 5.91 Å². The third-order valence-electron chi connectivity index (χ3n) is 2.53. The van der Waals surface area contributed by atoms with Crippen molar-refractivity contribution in [2.45, 2.75) is 6.92 Å². The number of rotatable bonds is 2. The molecule has 1 aromatic heterocycles. The highest BCUT2D eigenvalue weighted by Crippen LogP contribution is 2.12. The average Bonchev–Trinajstić information content (AvgIpc) is 2.78. The standard InChI is InChI=1S/C10H14N4O2S/c1-7-6-17-9(12-7)8(13-16)10(15)14-4-2-11-3-5-14/h6,11,16H,2-5H2,1H3/b13-8+. The van der Waals surface area contributed by atoms with Crippen molar-refractivity contribution < 1.29 is 10.0 Å². The van der Waals surface area contributed by atoms with E-state index >= 15 is 0 Å². The van der Waals surface area contributed by atoms with Gasteiger partial charge in [-0.2, -0.15) is 0 Å². The summed E-state index contributed by atoms with van der Waals surface area (Å²) in [4.78, 5) is 17.9. The molecular weight excluding hydrogens is 240 g/mol. The first kappa shape index (κ1) is 12.0. The van der Waals surface area contributed by atoms with Gasteiger partial charge in [-0.05, 0) is 6.92 Å². The molecule has 0 saturated carbocycles. The van der Waals surface area contributed by atoms with Crippen LogP contribution in [0.25, 0.3) is 0 Å². The molecule has 0 unspecified atom stereocenters. The highest BCUT2D eigenvalue weighted by Gasteiger charge is 2.25. The monoisotopic (exact) mass is 254 g/mol. The molecule has 0 atom stereocenters. The lowest BCUT2D eigenvalue weighted by Gasteiger charge is -2.27. The smallest absolute Gasteiger partial charge is 0.279 e. The Hall–Kier alpha value is -1.47. The molecule has 0 bridgehead atoms. The number of nitrogens with one attached hydrogen (secondary N) is 1. The molecule has 1 amide bonds. The summed E-state index contributed by atoms with van der Waals surface area (Å²) >= 11 is 1.31. The van der Waals surface area contributed by atoms with Crippen LogP contribution in [0.15, 0.2) is 10.5 Å². The second-order valence-electron chi connectivity index (χ2n) is 3.78. The zero-order chi connectivity index (χ0) is 12.3. The van der Waals surface area contributed by atoms with E-state index in [1.165, 1.54) is 11.3 Å². The molecular formula is C10H14N4O2S. The normalized spacial score (nSPS) is 17.2. The van der Waals surface area contributed by atoms with Crippen molar-refractivity contribution >= 4 is 23.0 Å². The molecule has 1 saturated heterocycles. The lowest BCUT2D eigenvalue weighted by molar-refractivity contribution is -0.124. The fourth-order valence-electron chi connectivity index (χ4n) is 1.66. The Morgan fingerprint density at radius 1 is 1.59 bits per heavy atom. The number of hydrogen-bond donors (Lipinski definition) is 2. The summed E-state index contributed by atoms with van der Waals surface area (Å²) in [6.45, 7) is 4.62. The van der Waals surface area contributed by atoms with Crippen LogP contribution in [-0.2, 0) is 4.79 Å². The predicted molar refractivity (Wildman–Crippen MR) is 64.6 cm³/mol. The van der Waals surface area contributed by atoms with Crippen molar-refractivity contribution in [1.29, 1.82) is 0 Å². The van der Waals surface area contributed by atoms with E-state index in [0.717, 1.165) is 18.8 Å². The van der Waals surface area contributed by atoms with Gasteiger partial charge in [0.2, 0.25) is 5.71 Å². The predicted octanol–water partition coefficient (Wildman–Crippen LogP) is 0.0616. The fourth-order valence-corrected chi connectivity index (χ4v) is 2.43. The van der Waals surface area contributed by atoms with Crippen molar-refractivity contribution in [2.24, 2.45) is 5.16 Å². The van der Waals surface area contributed by atoms with Gasteiger partial charge in [0.05, 0.1) is 0 Å². The summed E-state index contributed by atoms with van der Waals surface area (Å²) in [6, 6.07) is 0. The zero-order valence-electron chi connectivity index (χ0n) is 9.51. The van der Waals surface area contributed by atoms with Crippen LogP contribution in [0, 0.1) is 6.92 Å². The molecule has 2 N–H and O–H groups in total. The zero-order valence-corrected chi connectivity index (χ0v) is 10.3. The average molecular weight is 254 g/mol. The van der Waals surface area contributed by atoms with Gasteiger partial charge in [0.1, 0.15) is 0 Å². The van der Waals surface area contributed by atoms with E-state index in [9.17, 15) is 4.79 Å². The van der Waals surface area contributed by atoms with Gasteiger partial charge in [0, 0.05) is 37.3 Å². The SMILES string of the molecule is Cc1csc(/C(=N\O)C(=O)N2CCNCC2)n1. The highest BCUT2D eigenvalue weighted by atomic mass is 32.1. The number of piperazine rings is 1. The number of carbonyl (C=O) groups excluding carboxylic acids is 1. The Balaban J connectivity index is 2.16. The lowest BCUT2D eigenvalue weighted by Crippen LogP contribution is -2.48. The van der Waals surface area contributed by atoms with Gasteiger partial charge in [-0.25, -0.2) is 4.98 Å². The minimum absolute atomic E-state index is 0.0324. The number of thiazole rings is 1. The topological polar surface area (TPSA) is 77.8 Å². The van der Waals surface area contributed by atoms with E-state index in [1.54, 1.807) is 4.90 Å². The van der Waals surface area contributed by atoms with E-state index in [2.05, 4.69) is 15.5 Å². The molecule has 6 nitrogen and oxygen atoms in total. The van der Waals surface area contributed by atoms with Crippen LogP contribution in [0.5, 0.6) is 0 Å². The van der Waals surface area contributed by atoms with E-state index < -0.39 is 0 Å². The van der Waals surface area contributed by atoms with Gasteiger partial charge in [-0.3, -0.25) is 4.79 Å². The maximum absolute atomic E-state index is 12.1. The van der Waals surface area contributed by atoms with E-state index in [-0.39, 0.29) is 11.6 Å². The van der Waals surface area contributed by atoms with Crippen molar-refractivity contribution in [3.8, 4) is 0 Å². The van der Waals surface area contributed by atoms with Crippen molar-refractivity contribution in [3.63, 3.8) is 0 Å². The Labute approximate surface area is 103 Å². The van der Waals surface area contributed by atoms with Gasteiger partial charge >= 0.3 is 0 Å². The van der Waals surface area contributed by atoms with Crippen LogP contribution in [0.4, 0.5) is 0 Å². The van der Waals surface area contributed by atoms with E-state index in [0.29, 0.717) is 18.1 Å². The quantitative estimate of drug-likeness (QED) is 0.444. The van der Waals surface area contributed by atoms with Crippen LogP contribution in [0.2, 0.25) is 0 Å². The number of carbonyl (C=O) groups is 1. The number of amides is 1. The molecule has 1 fully saturated rings. The Kier molecular flexibility index (Phi) is 3.70. The largest absolute Gasteiger partial charge is 0.410 e. The summed E-state index contributed by atoms with van der Waals surface area (Å²) in [7, 11) is 0. The molecule has 1 aliphatic heterocycles. The first-order valence-electron chi connectivity index (χ1n) is 5.37. The van der Waals surface area contributed by atoms with Crippen molar-refractivity contribution in [3.05, 3.63) is 16.1 Å². The summed E-state index contributed by atoms with van der Waals surface area (Å²) in [6.07, 6.45) is 0. The summed E-state index contributed by atoms with van der Waals surface area (Å²) in [5.41, 5.74) is 0.851. The van der Waals surface area contributed by atoms with Crippen molar-refractivity contribution in [1.82, 2.24) is 15.2 Å². The number of aryl methyl sites for hydroxylation is 1. The highest BCUT2D eigenvalue weighted by molar-refractivity contribution is 7.12. The number of aromatic nitrogens is 1. The number of nitrogens with zero attached hydrogens (tertiary/aromatic N) is 3. The number of oxime groups is 1. The van der Waals surface area contributed by atoms with Gasteiger partial charge in [0.15, 0.2) is 5.01 Å². The molecule has 2 rings (SSSR count). The van der Waals surface area contributed by atoms with Crippen LogP contribution in [0.1, 0.15) is 10.7 Å². The van der Waals surface area contributed by atoms with Crippen LogP contribution < -0.4 is 5.32 Å². The molecule has 1 aliphatic rings. The molecule has 17 heavy (non-hydrogen) atoms. The molecule has 92 valence electrons. The Morgan fingerprint density at radius 3 is 2.82 bits per heavy atom. The molecule has 2 heterocycles. The van der Waals surface area contributed by atoms with Gasteiger partial charge in [-0.15, -0.1) is 11.3 Å². The maximum Gasteiger partial charge on any atom is 0.279 e. The second kappa shape index (κ2) is 5.24. The molecule has 0 radical (unpaired) electrons. The molecule has 1 aromatic rings. The summed E-state index contributed by atoms with van der Waals surface area (Å²) in [5, 5.41) is 17.5. The number of hydrogen-bond acceptors (Lipinski definition) is 6. The second-order valence-corrected chi connectivity index (χ2v) is 4.64. The summed E-state index contributed by atoms with van der Waals surface area (Å²) in [5.74, 6) is -0.261. The van der Waals surface area contributed by atoms with Gasteiger partial charge < -0.3 is 15.4 Å². The van der Waals surface area contributed by atoms with Crippen LogP contribution in [0.3, 0.4) is 0 Å². The molecule has 0 spiro atoms. The van der Waals surface area contributed by atoms with Crippen molar-refractivity contribution in [2.75, 3.05) is 26.2 Å². The first-order chi connectivity index (χ1) is 8.22.